The Morgan fingerprint density at radius 3 is 2.59 bits per heavy atom. The number of anilines is 1. The van der Waals surface area contributed by atoms with Crippen molar-refractivity contribution in [3.63, 3.8) is 0 Å². The molecule has 2 N–H and O–H groups in total. The van der Waals surface area contributed by atoms with E-state index in [4.69, 9.17) is 4.74 Å². The highest BCUT2D eigenvalue weighted by atomic mass is 32.2. The summed E-state index contributed by atoms with van der Waals surface area (Å²) in [6.07, 6.45) is 4.19. The fraction of sp³-hybridized carbons (Fsp3) is 0.323. The molecule has 2 aromatic carbocycles. The predicted octanol–water partition coefficient (Wildman–Crippen LogP) is 4.71. The van der Waals surface area contributed by atoms with Crippen molar-refractivity contribution < 1.29 is 26.7 Å². The molecule has 44 heavy (non-hydrogen) atoms. The zero-order chi connectivity index (χ0) is 31.1. The number of fused-ring (bicyclic) bond motifs is 2. The molecular formula is C31H30F2N6O4S. The number of carbonyl (C=O) groups excluding carboxylic acids is 1. The Morgan fingerprint density at radius 1 is 1.05 bits per heavy atom. The van der Waals surface area contributed by atoms with Crippen molar-refractivity contribution in [3.8, 4) is 34.1 Å². The fourth-order valence-electron chi connectivity index (χ4n) is 5.64. The number of sulfonamides is 1. The molecule has 0 spiro atoms. The van der Waals surface area contributed by atoms with E-state index in [1.165, 1.54) is 6.07 Å². The Hall–Kier alpha value is -4.54. The van der Waals surface area contributed by atoms with Crippen LogP contribution in [0.15, 0.2) is 54.9 Å². The number of amides is 1. The van der Waals surface area contributed by atoms with E-state index < -0.39 is 15.9 Å². The molecule has 1 amide bonds. The van der Waals surface area contributed by atoms with Gasteiger partial charge in [0.2, 0.25) is 10.0 Å². The maximum absolute atomic E-state index is 13.5. The molecule has 228 valence electrons. The highest BCUT2D eigenvalue weighted by molar-refractivity contribution is 7.92. The Labute approximate surface area is 253 Å². The number of H-pyrrole nitrogens is 1. The number of hydrogen-bond acceptors (Lipinski definition) is 7. The normalized spacial score (nSPS) is 17.0. The monoisotopic (exact) mass is 620 g/mol. The van der Waals surface area contributed by atoms with Gasteiger partial charge in [0.25, 0.3) is 11.8 Å². The summed E-state index contributed by atoms with van der Waals surface area (Å²) in [6, 6.07) is 14.2. The molecule has 0 radical (unpaired) electrons. The van der Waals surface area contributed by atoms with Gasteiger partial charge >= 0.3 is 0 Å². The van der Waals surface area contributed by atoms with E-state index in [1.807, 2.05) is 23.1 Å². The van der Waals surface area contributed by atoms with Crippen LogP contribution in [0.2, 0.25) is 0 Å². The summed E-state index contributed by atoms with van der Waals surface area (Å²) in [5.41, 5.74) is 4.54. The van der Waals surface area contributed by atoms with Crippen LogP contribution in [-0.2, 0) is 10.0 Å². The van der Waals surface area contributed by atoms with Crippen molar-refractivity contribution in [2.24, 2.45) is 0 Å². The molecule has 6 rings (SSSR count). The molecule has 2 aromatic heterocycles. The zero-order valence-electron chi connectivity index (χ0n) is 23.9. The maximum Gasteiger partial charge on any atom is 0.257 e. The second-order valence-electron chi connectivity index (χ2n) is 11.2. The average molecular weight is 621 g/mol. The highest BCUT2D eigenvalue weighted by Gasteiger charge is 2.34. The number of carbonyl (C=O) groups is 1. The van der Waals surface area contributed by atoms with Gasteiger partial charge in [0.1, 0.15) is 18.0 Å². The van der Waals surface area contributed by atoms with Gasteiger partial charge in [-0.2, -0.15) is 5.26 Å². The number of alkyl halides is 2. The van der Waals surface area contributed by atoms with Crippen LogP contribution in [0.25, 0.3) is 33.3 Å². The summed E-state index contributed by atoms with van der Waals surface area (Å²) < 4.78 is 59.1. The number of piperidine rings is 1. The van der Waals surface area contributed by atoms with Gasteiger partial charge in [-0.15, -0.1) is 0 Å². The van der Waals surface area contributed by atoms with Crippen molar-refractivity contribution in [1.82, 2.24) is 19.8 Å². The molecule has 0 atom stereocenters. The second kappa shape index (κ2) is 11.5. The van der Waals surface area contributed by atoms with Gasteiger partial charge in [-0.25, -0.2) is 22.2 Å². The molecule has 4 aromatic rings. The van der Waals surface area contributed by atoms with Crippen molar-refractivity contribution in [2.75, 3.05) is 50.3 Å². The van der Waals surface area contributed by atoms with E-state index in [-0.39, 0.29) is 24.4 Å². The lowest BCUT2D eigenvalue weighted by atomic mass is 9.99. The fourth-order valence-corrected chi connectivity index (χ4v) is 6.18. The van der Waals surface area contributed by atoms with Crippen LogP contribution in [0.5, 0.6) is 5.75 Å². The number of pyridine rings is 1. The largest absolute Gasteiger partial charge is 0.491 e. The quantitative estimate of drug-likeness (QED) is 0.306. The first kappa shape index (κ1) is 29.5. The first-order chi connectivity index (χ1) is 21.0. The standard InChI is InChI=1S/C31H30F2N6O4S/c1-44(41,42)37-24-13-20(17-34)12-22(14-24)27-19-36-29-26(27)15-23(18-35-29)21-2-3-25-28(16-21)43-11-10-39(30(25)40)9-8-38-6-4-31(32,33)5-7-38/h2-3,12-16,18-19,37H,4-11H2,1H3,(H,35,36). The van der Waals surface area contributed by atoms with Crippen molar-refractivity contribution in [1.29, 1.82) is 5.26 Å². The summed E-state index contributed by atoms with van der Waals surface area (Å²) in [5, 5.41) is 10.3. The van der Waals surface area contributed by atoms with Gasteiger partial charge in [0.05, 0.1) is 35.7 Å². The number of ether oxygens (including phenoxy) is 1. The third-order valence-electron chi connectivity index (χ3n) is 7.93. The summed E-state index contributed by atoms with van der Waals surface area (Å²) in [4.78, 5) is 24.8. The summed E-state index contributed by atoms with van der Waals surface area (Å²) >= 11 is 0. The predicted molar refractivity (Wildman–Crippen MR) is 162 cm³/mol. The minimum atomic E-state index is -3.55. The third kappa shape index (κ3) is 6.36. The van der Waals surface area contributed by atoms with Crippen molar-refractivity contribution >= 4 is 32.7 Å². The van der Waals surface area contributed by atoms with Crippen LogP contribution in [0, 0.1) is 11.3 Å². The SMILES string of the molecule is CS(=O)(=O)Nc1cc(C#N)cc(-c2c[nH]c3ncc(-c4ccc5c(c4)OCCN(CCN4CCC(F)(F)CC4)C5=O)cc23)c1. The van der Waals surface area contributed by atoms with Crippen molar-refractivity contribution in [2.45, 2.75) is 18.8 Å². The molecule has 0 bridgehead atoms. The molecule has 0 unspecified atom stereocenters. The van der Waals surface area contributed by atoms with Crippen LogP contribution >= 0.6 is 0 Å². The molecule has 13 heteroatoms. The van der Waals surface area contributed by atoms with E-state index >= 15 is 0 Å². The second-order valence-corrected chi connectivity index (χ2v) is 12.9. The van der Waals surface area contributed by atoms with E-state index in [9.17, 15) is 27.3 Å². The number of nitrogens with zero attached hydrogens (tertiary/aromatic N) is 4. The van der Waals surface area contributed by atoms with Gasteiger partial charge in [0, 0.05) is 67.9 Å². The van der Waals surface area contributed by atoms with E-state index in [0.717, 1.165) is 28.3 Å². The zero-order valence-corrected chi connectivity index (χ0v) is 24.8. The van der Waals surface area contributed by atoms with E-state index in [0.29, 0.717) is 67.4 Å². The third-order valence-corrected chi connectivity index (χ3v) is 8.54. The summed E-state index contributed by atoms with van der Waals surface area (Å²) in [6.45, 7) is 2.29. The van der Waals surface area contributed by atoms with Crippen molar-refractivity contribution in [3.05, 3.63) is 66.0 Å². The molecule has 1 saturated heterocycles. The number of rotatable bonds is 7. The minimum absolute atomic E-state index is 0.158. The van der Waals surface area contributed by atoms with E-state index in [1.54, 1.807) is 35.5 Å². The van der Waals surface area contributed by atoms with E-state index in [2.05, 4.69) is 20.8 Å². The van der Waals surface area contributed by atoms with Gasteiger partial charge in [0.15, 0.2) is 0 Å². The average Bonchev–Trinajstić information content (AvgIpc) is 3.34. The van der Waals surface area contributed by atoms with Gasteiger partial charge in [-0.3, -0.25) is 9.52 Å². The molecule has 2 aliphatic rings. The number of aromatic nitrogens is 2. The number of hydrogen-bond donors (Lipinski definition) is 2. The first-order valence-electron chi connectivity index (χ1n) is 14.2. The van der Waals surface area contributed by atoms with Crippen LogP contribution in [0.1, 0.15) is 28.8 Å². The highest BCUT2D eigenvalue weighted by Crippen LogP contribution is 2.35. The molecule has 4 heterocycles. The Kier molecular flexibility index (Phi) is 7.73. The van der Waals surface area contributed by atoms with Gasteiger partial charge in [-0.05, 0) is 47.5 Å². The summed E-state index contributed by atoms with van der Waals surface area (Å²) in [7, 11) is -3.55. The molecule has 0 aliphatic carbocycles. The summed E-state index contributed by atoms with van der Waals surface area (Å²) in [5.74, 6) is -2.31. The smallest absolute Gasteiger partial charge is 0.257 e. The number of benzene rings is 2. The van der Waals surface area contributed by atoms with Gasteiger partial charge < -0.3 is 19.5 Å². The lowest BCUT2D eigenvalue weighted by Gasteiger charge is -2.33. The Balaban J connectivity index is 1.25. The minimum Gasteiger partial charge on any atom is -0.491 e. The molecular weight excluding hydrogens is 590 g/mol. The number of nitriles is 1. The van der Waals surface area contributed by atoms with Crippen LogP contribution in [0.4, 0.5) is 14.5 Å². The molecule has 10 nitrogen and oxygen atoms in total. The van der Waals surface area contributed by atoms with Crippen LogP contribution in [0.3, 0.4) is 0 Å². The Morgan fingerprint density at radius 2 is 1.84 bits per heavy atom. The number of aromatic amines is 1. The molecule has 1 fully saturated rings. The molecule has 0 saturated carbocycles. The molecule has 2 aliphatic heterocycles. The number of likely N-dealkylation sites (tertiary alicyclic amines) is 1. The lowest BCUT2D eigenvalue weighted by molar-refractivity contribution is -0.0558. The first-order valence-corrected chi connectivity index (χ1v) is 16.0. The maximum atomic E-state index is 13.5. The van der Waals surface area contributed by atoms with Crippen LogP contribution < -0.4 is 9.46 Å². The topological polar surface area (TPSA) is 131 Å². The Bertz CT molecular complexity index is 1890. The van der Waals surface area contributed by atoms with Gasteiger partial charge in [-0.1, -0.05) is 6.07 Å². The number of nitrogens with one attached hydrogen (secondary N) is 2. The lowest BCUT2D eigenvalue weighted by Crippen LogP contribution is -2.44. The van der Waals surface area contributed by atoms with Crippen LogP contribution in [-0.4, -0.2) is 85.6 Å². The number of halogens is 2.